The molecule has 1 atom stereocenters. The maximum Gasteiger partial charge on any atom is 0.223 e. The van der Waals surface area contributed by atoms with E-state index in [-0.39, 0.29) is 5.91 Å². The number of ether oxygens (including phenoxy) is 1. The molecule has 4 heteroatoms. The Kier molecular flexibility index (Phi) is 4.66. The number of benzene rings is 1. The van der Waals surface area contributed by atoms with Crippen LogP contribution in [0.1, 0.15) is 26.2 Å². The summed E-state index contributed by atoms with van der Waals surface area (Å²) in [6.07, 6.45) is 2.99. The fourth-order valence-corrected chi connectivity index (χ4v) is 2.06. The van der Waals surface area contributed by atoms with E-state index < -0.39 is 0 Å². The summed E-state index contributed by atoms with van der Waals surface area (Å²) in [5.41, 5.74) is 6.35. The molecule has 2 rings (SSSR count). The predicted octanol–water partition coefficient (Wildman–Crippen LogP) is 2.20. The van der Waals surface area contributed by atoms with Gasteiger partial charge >= 0.3 is 0 Å². The summed E-state index contributed by atoms with van der Waals surface area (Å²) >= 11 is 0. The van der Waals surface area contributed by atoms with Crippen molar-refractivity contribution in [3.8, 4) is 5.75 Å². The standard InChI is InChI=1S/C15H22N2O2/c1-11(12-6-7-12)10-17-15(18)8-9-19-14-5-3-2-4-13(14)16/h2-5,11-12H,6-10,16H2,1H3,(H,17,18). The molecule has 4 nitrogen and oxygen atoms in total. The molecule has 0 aliphatic heterocycles. The van der Waals surface area contributed by atoms with Gasteiger partial charge in [-0.2, -0.15) is 0 Å². The molecule has 1 aliphatic carbocycles. The molecule has 0 bridgehead atoms. The van der Waals surface area contributed by atoms with Gasteiger partial charge in [-0.1, -0.05) is 19.1 Å². The molecule has 19 heavy (non-hydrogen) atoms. The van der Waals surface area contributed by atoms with Crippen LogP contribution in [0.2, 0.25) is 0 Å². The lowest BCUT2D eigenvalue weighted by Gasteiger charge is -2.12. The molecular formula is C15H22N2O2. The first-order valence-corrected chi connectivity index (χ1v) is 6.91. The lowest BCUT2D eigenvalue weighted by atomic mass is 10.1. The van der Waals surface area contributed by atoms with Crippen molar-refractivity contribution in [2.75, 3.05) is 18.9 Å². The van der Waals surface area contributed by atoms with Crippen molar-refractivity contribution in [3.63, 3.8) is 0 Å². The topological polar surface area (TPSA) is 64.3 Å². The van der Waals surface area contributed by atoms with E-state index in [1.54, 1.807) is 6.07 Å². The van der Waals surface area contributed by atoms with E-state index in [0.29, 0.717) is 30.4 Å². The van der Waals surface area contributed by atoms with Gasteiger partial charge in [-0.3, -0.25) is 4.79 Å². The van der Waals surface area contributed by atoms with Crippen molar-refractivity contribution in [1.29, 1.82) is 0 Å². The van der Waals surface area contributed by atoms with Crippen LogP contribution < -0.4 is 15.8 Å². The number of hydrogen-bond acceptors (Lipinski definition) is 3. The fourth-order valence-electron chi connectivity index (χ4n) is 2.06. The Hall–Kier alpha value is -1.71. The van der Waals surface area contributed by atoms with E-state index in [9.17, 15) is 4.79 Å². The minimum atomic E-state index is 0.0435. The molecule has 1 saturated carbocycles. The van der Waals surface area contributed by atoms with Crippen LogP contribution in [0.15, 0.2) is 24.3 Å². The second-order valence-corrected chi connectivity index (χ2v) is 5.26. The van der Waals surface area contributed by atoms with Crippen molar-refractivity contribution in [3.05, 3.63) is 24.3 Å². The molecule has 104 valence electrons. The third-order valence-electron chi connectivity index (χ3n) is 3.55. The van der Waals surface area contributed by atoms with Crippen LogP contribution in [0.3, 0.4) is 0 Å². The second kappa shape index (κ2) is 6.45. The van der Waals surface area contributed by atoms with E-state index in [1.165, 1.54) is 12.8 Å². The summed E-state index contributed by atoms with van der Waals surface area (Å²) < 4.78 is 5.49. The zero-order chi connectivity index (χ0) is 13.7. The Balaban J connectivity index is 1.62. The molecule has 0 heterocycles. The Labute approximate surface area is 114 Å². The van der Waals surface area contributed by atoms with Crippen LogP contribution in [0.25, 0.3) is 0 Å². The summed E-state index contributed by atoms with van der Waals surface area (Å²) in [4.78, 5) is 11.6. The number of hydrogen-bond donors (Lipinski definition) is 2. The van der Waals surface area contributed by atoms with E-state index in [0.717, 1.165) is 12.5 Å². The van der Waals surface area contributed by atoms with Gasteiger partial charge in [0.1, 0.15) is 5.75 Å². The monoisotopic (exact) mass is 262 g/mol. The molecule has 1 unspecified atom stereocenters. The maximum atomic E-state index is 11.6. The van der Waals surface area contributed by atoms with Crippen molar-refractivity contribution < 1.29 is 9.53 Å². The molecule has 1 fully saturated rings. The smallest absolute Gasteiger partial charge is 0.223 e. The average Bonchev–Trinajstić information content (AvgIpc) is 3.22. The molecule has 1 aliphatic rings. The minimum Gasteiger partial charge on any atom is -0.491 e. The zero-order valence-electron chi connectivity index (χ0n) is 11.4. The van der Waals surface area contributed by atoms with Crippen molar-refractivity contribution in [2.24, 2.45) is 11.8 Å². The number of nitrogens with two attached hydrogens (primary N) is 1. The van der Waals surface area contributed by atoms with Crippen molar-refractivity contribution >= 4 is 11.6 Å². The predicted molar refractivity (Wildman–Crippen MR) is 75.9 cm³/mol. The van der Waals surface area contributed by atoms with Crippen molar-refractivity contribution in [1.82, 2.24) is 5.32 Å². The highest BCUT2D eigenvalue weighted by Gasteiger charge is 2.27. The maximum absolute atomic E-state index is 11.6. The SMILES string of the molecule is CC(CNC(=O)CCOc1ccccc1N)C1CC1. The normalized spacial score (nSPS) is 15.8. The van der Waals surface area contributed by atoms with E-state index in [2.05, 4.69) is 12.2 Å². The lowest BCUT2D eigenvalue weighted by molar-refractivity contribution is -0.121. The first-order valence-electron chi connectivity index (χ1n) is 6.91. The molecule has 1 aromatic carbocycles. The number of anilines is 1. The highest BCUT2D eigenvalue weighted by Crippen LogP contribution is 2.36. The summed E-state index contributed by atoms with van der Waals surface area (Å²) in [7, 11) is 0. The van der Waals surface area contributed by atoms with E-state index in [4.69, 9.17) is 10.5 Å². The number of carbonyl (C=O) groups excluding carboxylic acids is 1. The number of rotatable bonds is 7. The summed E-state index contributed by atoms with van der Waals surface area (Å²) in [5, 5.41) is 2.95. The molecule has 0 spiro atoms. The molecule has 1 aromatic rings. The Bertz CT molecular complexity index is 430. The molecule has 0 saturated heterocycles. The van der Waals surface area contributed by atoms with Crippen LogP contribution in [0, 0.1) is 11.8 Å². The quantitative estimate of drug-likeness (QED) is 0.740. The van der Waals surface area contributed by atoms with Gasteiger partial charge in [0.15, 0.2) is 0 Å². The number of amides is 1. The fraction of sp³-hybridized carbons (Fsp3) is 0.533. The summed E-state index contributed by atoms with van der Waals surface area (Å²) in [6, 6.07) is 7.31. The van der Waals surface area contributed by atoms with Gasteiger partial charge in [0, 0.05) is 6.54 Å². The highest BCUT2D eigenvalue weighted by molar-refractivity contribution is 5.76. The lowest BCUT2D eigenvalue weighted by Crippen LogP contribution is -2.30. The number of para-hydroxylation sites is 2. The van der Waals surface area contributed by atoms with Crippen LogP contribution >= 0.6 is 0 Å². The van der Waals surface area contributed by atoms with Crippen LogP contribution in [-0.4, -0.2) is 19.1 Å². The first-order chi connectivity index (χ1) is 9.16. The Morgan fingerprint density at radius 3 is 2.89 bits per heavy atom. The highest BCUT2D eigenvalue weighted by atomic mass is 16.5. The van der Waals surface area contributed by atoms with Gasteiger partial charge in [0.2, 0.25) is 5.91 Å². The van der Waals surface area contributed by atoms with E-state index in [1.807, 2.05) is 18.2 Å². The Morgan fingerprint density at radius 2 is 2.21 bits per heavy atom. The van der Waals surface area contributed by atoms with Gasteiger partial charge in [-0.15, -0.1) is 0 Å². The third-order valence-corrected chi connectivity index (χ3v) is 3.55. The second-order valence-electron chi connectivity index (χ2n) is 5.26. The molecule has 0 radical (unpaired) electrons. The average molecular weight is 262 g/mol. The number of nitrogen functional groups attached to an aromatic ring is 1. The summed E-state index contributed by atoms with van der Waals surface area (Å²) in [6.45, 7) is 3.33. The summed E-state index contributed by atoms with van der Waals surface area (Å²) in [5.74, 6) is 2.10. The first kappa shape index (κ1) is 13.7. The van der Waals surface area contributed by atoms with Crippen LogP contribution in [0.5, 0.6) is 5.75 Å². The van der Waals surface area contributed by atoms with Gasteiger partial charge in [0.25, 0.3) is 0 Å². The number of nitrogens with one attached hydrogen (secondary N) is 1. The van der Waals surface area contributed by atoms with Gasteiger partial charge in [-0.25, -0.2) is 0 Å². The van der Waals surface area contributed by atoms with Gasteiger partial charge in [0.05, 0.1) is 18.7 Å². The van der Waals surface area contributed by atoms with Gasteiger partial charge < -0.3 is 15.8 Å². The van der Waals surface area contributed by atoms with Crippen LogP contribution in [-0.2, 0) is 4.79 Å². The molecule has 1 amide bonds. The van der Waals surface area contributed by atoms with E-state index >= 15 is 0 Å². The minimum absolute atomic E-state index is 0.0435. The number of carbonyl (C=O) groups is 1. The van der Waals surface area contributed by atoms with Gasteiger partial charge in [-0.05, 0) is 36.8 Å². The largest absolute Gasteiger partial charge is 0.491 e. The molecule has 3 N–H and O–H groups in total. The Morgan fingerprint density at radius 1 is 1.47 bits per heavy atom. The third kappa shape index (κ3) is 4.47. The van der Waals surface area contributed by atoms with Crippen molar-refractivity contribution in [2.45, 2.75) is 26.2 Å². The van der Waals surface area contributed by atoms with Crippen LogP contribution in [0.4, 0.5) is 5.69 Å². The molecular weight excluding hydrogens is 240 g/mol. The zero-order valence-corrected chi connectivity index (χ0v) is 11.4. The molecule has 0 aromatic heterocycles.